The average Bonchev–Trinajstić information content (AvgIpc) is 2.87. The van der Waals surface area contributed by atoms with Crippen molar-refractivity contribution in [1.82, 2.24) is 4.90 Å². The predicted octanol–water partition coefficient (Wildman–Crippen LogP) is 5.85. The molecule has 6 nitrogen and oxygen atoms in total. The number of rotatable bonds is 6. The second kappa shape index (κ2) is 10.8. The molecule has 0 aromatic heterocycles. The van der Waals surface area contributed by atoms with Gasteiger partial charge >= 0.3 is 0 Å². The van der Waals surface area contributed by atoms with Gasteiger partial charge in [0, 0.05) is 22.2 Å². The van der Waals surface area contributed by atoms with Gasteiger partial charge in [-0.1, -0.05) is 55.1 Å². The van der Waals surface area contributed by atoms with Crippen molar-refractivity contribution in [3.05, 3.63) is 75.3 Å². The highest BCUT2D eigenvalue weighted by molar-refractivity contribution is 6.31. The van der Waals surface area contributed by atoms with Crippen LogP contribution in [0.1, 0.15) is 50.2 Å². The first kappa shape index (κ1) is 24.6. The van der Waals surface area contributed by atoms with Crippen molar-refractivity contribution in [3.8, 4) is 17.6 Å². The van der Waals surface area contributed by atoms with Crippen LogP contribution in [0.2, 0.25) is 5.02 Å². The molecular weight excluding hydrogens is 464 g/mol. The Labute approximate surface area is 210 Å². The number of benzene rings is 2. The number of halogens is 1. The zero-order chi connectivity index (χ0) is 24.9. The van der Waals surface area contributed by atoms with Gasteiger partial charge in [-0.3, -0.25) is 14.5 Å². The van der Waals surface area contributed by atoms with Crippen molar-refractivity contribution >= 4 is 29.5 Å². The molecule has 2 aromatic rings. The van der Waals surface area contributed by atoms with E-state index in [0.717, 1.165) is 37.7 Å². The molecule has 1 heterocycles. The van der Waals surface area contributed by atoms with Crippen molar-refractivity contribution in [1.29, 1.82) is 5.26 Å². The number of nitrogens with zero attached hydrogens (tertiary/aromatic N) is 2. The van der Waals surface area contributed by atoms with Crippen LogP contribution in [0.4, 0.5) is 0 Å². The summed E-state index contributed by atoms with van der Waals surface area (Å²) in [5, 5.41) is 10.3. The molecule has 0 radical (unpaired) electrons. The van der Waals surface area contributed by atoms with E-state index in [4.69, 9.17) is 21.1 Å². The highest BCUT2D eigenvalue weighted by Crippen LogP contribution is 2.34. The van der Waals surface area contributed by atoms with Crippen LogP contribution >= 0.6 is 11.6 Å². The van der Waals surface area contributed by atoms with Crippen LogP contribution in [0.3, 0.4) is 0 Å². The Bertz CT molecular complexity index is 1250. The van der Waals surface area contributed by atoms with Gasteiger partial charge in [0.2, 0.25) is 0 Å². The van der Waals surface area contributed by atoms with Gasteiger partial charge in [0.25, 0.3) is 11.8 Å². The van der Waals surface area contributed by atoms with Crippen molar-refractivity contribution in [3.63, 3.8) is 0 Å². The van der Waals surface area contributed by atoms with Crippen LogP contribution in [0.25, 0.3) is 6.08 Å². The van der Waals surface area contributed by atoms with E-state index in [1.807, 2.05) is 30.3 Å². The molecule has 1 saturated carbocycles. The summed E-state index contributed by atoms with van der Waals surface area (Å²) in [5.74, 6) is 0.196. The third-order valence-electron chi connectivity index (χ3n) is 6.55. The summed E-state index contributed by atoms with van der Waals surface area (Å²) in [6.45, 7) is 1.93. The Morgan fingerprint density at radius 2 is 1.83 bits per heavy atom. The van der Waals surface area contributed by atoms with E-state index in [2.05, 4.69) is 0 Å². The van der Waals surface area contributed by atoms with Crippen LogP contribution in [-0.4, -0.2) is 29.9 Å². The van der Waals surface area contributed by atoms with Crippen molar-refractivity contribution < 1.29 is 19.1 Å². The molecular formula is C28H27ClN2O4. The monoisotopic (exact) mass is 490 g/mol. The van der Waals surface area contributed by atoms with Gasteiger partial charge in [0.15, 0.2) is 11.5 Å². The number of ether oxygens (including phenoxy) is 2. The first-order valence-electron chi connectivity index (χ1n) is 11.7. The fourth-order valence-electron chi connectivity index (χ4n) is 4.60. The second-order valence-corrected chi connectivity index (χ2v) is 9.14. The van der Waals surface area contributed by atoms with Gasteiger partial charge in [0.1, 0.15) is 18.2 Å². The van der Waals surface area contributed by atoms with Gasteiger partial charge in [-0.05, 0) is 55.2 Å². The number of hydrogen-bond acceptors (Lipinski definition) is 5. The van der Waals surface area contributed by atoms with E-state index in [9.17, 15) is 14.9 Å². The zero-order valence-corrected chi connectivity index (χ0v) is 20.6. The van der Waals surface area contributed by atoms with Gasteiger partial charge in [-0.25, -0.2) is 0 Å². The lowest BCUT2D eigenvalue weighted by molar-refractivity contribution is -0.143. The summed E-state index contributed by atoms with van der Waals surface area (Å²) in [5.41, 5.74) is 2.32. The van der Waals surface area contributed by atoms with E-state index >= 15 is 0 Å². The van der Waals surface area contributed by atoms with Gasteiger partial charge in [-0.2, -0.15) is 5.26 Å². The molecule has 180 valence electrons. The topological polar surface area (TPSA) is 79.6 Å². The smallest absolute Gasteiger partial charge is 0.271 e. The van der Waals surface area contributed by atoms with Crippen molar-refractivity contribution in [2.75, 3.05) is 7.11 Å². The predicted molar refractivity (Wildman–Crippen MR) is 134 cm³/mol. The summed E-state index contributed by atoms with van der Waals surface area (Å²) in [4.78, 5) is 27.7. The fourth-order valence-corrected chi connectivity index (χ4v) is 4.79. The molecule has 1 fully saturated rings. The van der Waals surface area contributed by atoms with Crippen LogP contribution in [0.5, 0.6) is 11.5 Å². The van der Waals surface area contributed by atoms with E-state index in [0.29, 0.717) is 33.2 Å². The van der Waals surface area contributed by atoms with Crippen LogP contribution in [-0.2, 0) is 16.2 Å². The fraction of sp³-hybridized carbons (Fsp3) is 0.321. The standard InChI is InChI=1S/C28H27ClN2O4/c1-18-22(27(32)31(28(33)23(18)16-30)21-9-4-3-5-10-21)14-19-12-13-25(26(15-19)34-2)35-17-20-8-6-7-11-24(20)29/h6-8,11-15,21H,3-5,9-10,17H2,1-2H3/b22-14+. The maximum absolute atomic E-state index is 13.4. The lowest BCUT2D eigenvalue weighted by Gasteiger charge is -2.36. The van der Waals surface area contributed by atoms with Crippen molar-refractivity contribution in [2.24, 2.45) is 0 Å². The third-order valence-corrected chi connectivity index (χ3v) is 6.92. The summed E-state index contributed by atoms with van der Waals surface area (Å²) in [6.07, 6.45) is 6.29. The number of carbonyl (C=O) groups is 2. The van der Waals surface area contributed by atoms with Gasteiger partial charge < -0.3 is 9.47 Å². The number of methoxy groups -OCH3 is 1. The molecule has 0 spiro atoms. The minimum Gasteiger partial charge on any atom is -0.493 e. The molecule has 2 amide bonds. The number of nitriles is 1. The molecule has 0 atom stereocenters. The van der Waals surface area contributed by atoms with Crippen LogP contribution in [0, 0.1) is 11.3 Å². The summed E-state index contributed by atoms with van der Waals surface area (Å²) >= 11 is 6.22. The molecule has 4 rings (SSSR count). The maximum atomic E-state index is 13.4. The lowest BCUT2D eigenvalue weighted by atomic mass is 9.88. The van der Waals surface area contributed by atoms with Gasteiger partial charge in [0.05, 0.1) is 7.11 Å². The number of amides is 2. The van der Waals surface area contributed by atoms with Gasteiger partial charge in [-0.15, -0.1) is 0 Å². The largest absolute Gasteiger partial charge is 0.493 e. The number of carbonyl (C=O) groups excluding carboxylic acids is 2. The Balaban J connectivity index is 1.64. The zero-order valence-electron chi connectivity index (χ0n) is 19.8. The summed E-state index contributed by atoms with van der Waals surface area (Å²) in [6, 6.07) is 14.6. The highest BCUT2D eigenvalue weighted by atomic mass is 35.5. The quantitative estimate of drug-likeness (QED) is 0.374. The molecule has 2 aromatic carbocycles. The van der Waals surface area contributed by atoms with Crippen LogP contribution < -0.4 is 9.47 Å². The SMILES string of the molecule is COc1cc(/C=C2/C(=O)N(C3CCCCC3)C(=O)C(C#N)=C2C)ccc1OCc1ccccc1Cl. The Kier molecular flexibility index (Phi) is 7.57. The third kappa shape index (κ3) is 5.11. The van der Waals surface area contributed by atoms with E-state index < -0.39 is 5.91 Å². The molecule has 0 bridgehead atoms. The van der Waals surface area contributed by atoms with E-state index in [1.165, 1.54) is 4.90 Å². The van der Waals surface area contributed by atoms with Crippen molar-refractivity contribution in [2.45, 2.75) is 51.7 Å². The maximum Gasteiger partial charge on any atom is 0.271 e. The second-order valence-electron chi connectivity index (χ2n) is 8.73. The van der Waals surface area contributed by atoms with E-state index in [1.54, 1.807) is 38.3 Å². The minimum atomic E-state index is -0.486. The molecule has 2 aliphatic rings. The van der Waals surface area contributed by atoms with E-state index in [-0.39, 0.29) is 24.1 Å². The Morgan fingerprint density at radius 1 is 1.09 bits per heavy atom. The molecule has 35 heavy (non-hydrogen) atoms. The number of hydrogen-bond donors (Lipinski definition) is 0. The first-order valence-corrected chi connectivity index (χ1v) is 12.1. The minimum absolute atomic E-state index is 0.0214. The Morgan fingerprint density at radius 3 is 2.51 bits per heavy atom. The highest BCUT2D eigenvalue weighted by Gasteiger charge is 2.39. The molecule has 1 aliphatic heterocycles. The molecule has 0 N–H and O–H groups in total. The summed E-state index contributed by atoms with van der Waals surface area (Å²) < 4.78 is 11.4. The molecule has 0 unspecified atom stereocenters. The normalized spacial score (nSPS) is 18.1. The molecule has 0 saturated heterocycles. The Hall–Kier alpha value is -3.56. The molecule has 1 aliphatic carbocycles. The first-order chi connectivity index (χ1) is 16.9. The number of imide groups is 1. The lowest BCUT2D eigenvalue weighted by Crippen LogP contribution is -2.49. The van der Waals surface area contributed by atoms with Crippen LogP contribution in [0.15, 0.2) is 59.2 Å². The molecule has 7 heteroatoms. The average molecular weight is 491 g/mol. The summed E-state index contributed by atoms with van der Waals surface area (Å²) in [7, 11) is 1.54.